The molecule has 4 heteroatoms. The highest BCUT2D eigenvalue weighted by Gasteiger charge is 2.17. The quantitative estimate of drug-likeness (QED) is 0.880. The molecule has 3 N–H and O–H groups in total. The van der Waals surface area contributed by atoms with E-state index < -0.39 is 6.10 Å². The van der Waals surface area contributed by atoms with Gasteiger partial charge in [0.25, 0.3) is 0 Å². The molecule has 0 aliphatic carbocycles. The van der Waals surface area contributed by atoms with Crippen molar-refractivity contribution in [1.29, 1.82) is 0 Å². The van der Waals surface area contributed by atoms with Crippen LogP contribution in [0.1, 0.15) is 30.9 Å². The zero-order valence-electron chi connectivity index (χ0n) is 10.6. The van der Waals surface area contributed by atoms with Crippen LogP contribution in [0.3, 0.4) is 0 Å². The summed E-state index contributed by atoms with van der Waals surface area (Å²) in [7, 11) is 0. The summed E-state index contributed by atoms with van der Waals surface area (Å²) in [5.41, 5.74) is 6.81. The summed E-state index contributed by atoms with van der Waals surface area (Å²) < 4.78 is 0. The fourth-order valence-electron chi connectivity index (χ4n) is 2.33. The Morgan fingerprint density at radius 3 is 2.50 bits per heavy atom. The van der Waals surface area contributed by atoms with E-state index in [4.69, 9.17) is 17.3 Å². The van der Waals surface area contributed by atoms with Crippen LogP contribution in [-0.2, 0) is 0 Å². The van der Waals surface area contributed by atoms with Gasteiger partial charge in [-0.3, -0.25) is 0 Å². The second-order valence-corrected chi connectivity index (χ2v) is 5.47. The van der Waals surface area contributed by atoms with Crippen molar-refractivity contribution in [3.63, 3.8) is 0 Å². The Labute approximate surface area is 114 Å². The van der Waals surface area contributed by atoms with Gasteiger partial charge in [-0.2, -0.15) is 0 Å². The van der Waals surface area contributed by atoms with E-state index in [0.29, 0.717) is 11.1 Å². The van der Waals surface area contributed by atoms with Crippen molar-refractivity contribution in [2.45, 2.75) is 31.4 Å². The molecule has 2 rings (SSSR count). The van der Waals surface area contributed by atoms with Crippen LogP contribution in [0.25, 0.3) is 0 Å². The topological polar surface area (TPSA) is 49.5 Å². The van der Waals surface area contributed by atoms with E-state index in [0.717, 1.165) is 44.5 Å². The highest BCUT2D eigenvalue weighted by atomic mass is 35.5. The van der Waals surface area contributed by atoms with E-state index in [1.165, 1.54) is 0 Å². The van der Waals surface area contributed by atoms with Crippen LogP contribution < -0.4 is 5.73 Å². The van der Waals surface area contributed by atoms with E-state index in [-0.39, 0.29) is 0 Å². The lowest BCUT2D eigenvalue weighted by molar-refractivity contribution is 0.131. The molecule has 1 aromatic carbocycles. The van der Waals surface area contributed by atoms with Gasteiger partial charge in [0.15, 0.2) is 0 Å². The van der Waals surface area contributed by atoms with Crippen LogP contribution in [0.5, 0.6) is 0 Å². The lowest BCUT2D eigenvalue weighted by Crippen LogP contribution is -2.40. The first-order valence-corrected chi connectivity index (χ1v) is 6.94. The molecule has 0 aromatic heterocycles. The molecule has 0 amide bonds. The second kappa shape index (κ2) is 6.53. The van der Waals surface area contributed by atoms with Crippen molar-refractivity contribution < 1.29 is 5.11 Å². The Morgan fingerprint density at radius 1 is 1.28 bits per heavy atom. The Balaban J connectivity index is 1.77. The number of piperidine rings is 1. The van der Waals surface area contributed by atoms with Gasteiger partial charge in [-0.1, -0.05) is 23.7 Å². The number of aliphatic hydroxyl groups excluding tert-OH is 1. The average Bonchev–Trinajstić information content (AvgIpc) is 2.38. The van der Waals surface area contributed by atoms with E-state index in [1.807, 2.05) is 24.3 Å². The smallest absolute Gasteiger partial charge is 0.0802 e. The minimum absolute atomic E-state index is 0.363. The van der Waals surface area contributed by atoms with E-state index >= 15 is 0 Å². The van der Waals surface area contributed by atoms with Gasteiger partial charge < -0.3 is 15.7 Å². The first-order valence-electron chi connectivity index (χ1n) is 6.56. The SMILES string of the molecule is NC1CCN(CCC(O)c2ccc(Cl)cc2)CC1. The Kier molecular flexibility index (Phi) is 5.01. The summed E-state index contributed by atoms with van der Waals surface area (Å²) >= 11 is 5.83. The van der Waals surface area contributed by atoms with E-state index in [2.05, 4.69) is 4.90 Å². The Bertz CT molecular complexity index is 361. The predicted octanol–water partition coefficient (Wildman–Crippen LogP) is 2.19. The van der Waals surface area contributed by atoms with E-state index in [9.17, 15) is 5.11 Å². The lowest BCUT2D eigenvalue weighted by Gasteiger charge is -2.30. The molecule has 0 saturated carbocycles. The molecule has 0 radical (unpaired) electrons. The van der Waals surface area contributed by atoms with Crippen LogP contribution in [-0.4, -0.2) is 35.7 Å². The highest BCUT2D eigenvalue weighted by molar-refractivity contribution is 6.30. The number of likely N-dealkylation sites (tertiary alicyclic amines) is 1. The molecule has 1 aliphatic rings. The number of nitrogens with two attached hydrogens (primary N) is 1. The largest absolute Gasteiger partial charge is 0.388 e. The molecular formula is C14H21ClN2O. The van der Waals surface area contributed by atoms with Gasteiger partial charge in [0.05, 0.1) is 6.10 Å². The zero-order chi connectivity index (χ0) is 13.0. The van der Waals surface area contributed by atoms with Gasteiger partial charge in [0, 0.05) is 17.6 Å². The third-order valence-corrected chi connectivity index (χ3v) is 3.86. The Morgan fingerprint density at radius 2 is 1.89 bits per heavy atom. The summed E-state index contributed by atoms with van der Waals surface area (Å²) in [6, 6.07) is 7.78. The zero-order valence-corrected chi connectivity index (χ0v) is 11.3. The number of hydrogen-bond donors (Lipinski definition) is 2. The standard InChI is InChI=1S/C14H21ClN2O/c15-12-3-1-11(2-4-12)14(18)7-10-17-8-5-13(16)6-9-17/h1-4,13-14,18H,5-10,16H2. The number of nitrogens with zero attached hydrogens (tertiary/aromatic N) is 1. The summed E-state index contributed by atoms with van der Waals surface area (Å²) in [6.07, 6.45) is 2.49. The number of aliphatic hydroxyl groups is 1. The second-order valence-electron chi connectivity index (χ2n) is 5.04. The lowest BCUT2D eigenvalue weighted by atomic mass is 10.0. The normalized spacial score (nSPS) is 19.9. The van der Waals surface area contributed by atoms with Crippen LogP contribution in [0.4, 0.5) is 0 Å². The van der Waals surface area contributed by atoms with Gasteiger partial charge >= 0.3 is 0 Å². The molecule has 18 heavy (non-hydrogen) atoms. The first-order chi connectivity index (χ1) is 8.65. The highest BCUT2D eigenvalue weighted by Crippen LogP contribution is 2.20. The maximum absolute atomic E-state index is 10.1. The molecule has 0 spiro atoms. The first kappa shape index (κ1) is 13.8. The summed E-state index contributed by atoms with van der Waals surface area (Å²) in [5.74, 6) is 0. The molecule has 1 unspecified atom stereocenters. The Hall–Kier alpha value is -0.610. The van der Waals surface area contributed by atoms with Crippen LogP contribution in [0, 0.1) is 0 Å². The number of rotatable bonds is 4. The van der Waals surface area contributed by atoms with Gasteiger partial charge in [-0.05, 0) is 50.0 Å². The summed E-state index contributed by atoms with van der Waals surface area (Å²) in [6.45, 7) is 3.03. The molecule has 1 fully saturated rings. The molecule has 1 aromatic rings. The molecule has 0 bridgehead atoms. The predicted molar refractivity (Wildman–Crippen MR) is 74.7 cm³/mol. The number of hydrogen-bond acceptors (Lipinski definition) is 3. The summed E-state index contributed by atoms with van der Waals surface area (Å²) in [5, 5.41) is 10.8. The van der Waals surface area contributed by atoms with Crippen LogP contribution >= 0.6 is 11.6 Å². The van der Waals surface area contributed by atoms with Gasteiger partial charge in [-0.15, -0.1) is 0 Å². The molecule has 100 valence electrons. The molecule has 1 heterocycles. The third-order valence-electron chi connectivity index (χ3n) is 3.61. The number of benzene rings is 1. The fourth-order valence-corrected chi connectivity index (χ4v) is 2.46. The minimum Gasteiger partial charge on any atom is -0.388 e. The van der Waals surface area contributed by atoms with Crippen molar-refractivity contribution in [1.82, 2.24) is 4.90 Å². The van der Waals surface area contributed by atoms with Crippen molar-refractivity contribution in [3.05, 3.63) is 34.9 Å². The van der Waals surface area contributed by atoms with Crippen molar-refractivity contribution in [2.75, 3.05) is 19.6 Å². The molecule has 1 aliphatic heterocycles. The van der Waals surface area contributed by atoms with Crippen molar-refractivity contribution in [2.24, 2.45) is 5.73 Å². The molecule has 1 saturated heterocycles. The van der Waals surface area contributed by atoms with Gasteiger partial charge in [0.2, 0.25) is 0 Å². The molecule has 1 atom stereocenters. The monoisotopic (exact) mass is 268 g/mol. The minimum atomic E-state index is -0.405. The third kappa shape index (κ3) is 3.95. The average molecular weight is 269 g/mol. The molecular weight excluding hydrogens is 248 g/mol. The van der Waals surface area contributed by atoms with Crippen LogP contribution in [0.2, 0.25) is 5.02 Å². The van der Waals surface area contributed by atoms with Gasteiger partial charge in [-0.25, -0.2) is 0 Å². The summed E-state index contributed by atoms with van der Waals surface area (Å²) in [4.78, 5) is 2.38. The fraction of sp³-hybridized carbons (Fsp3) is 0.571. The van der Waals surface area contributed by atoms with E-state index in [1.54, 1.807) is 0 Å². The maximum atomic E-state index is 10.1. The van der Waals surface area contributed by atoms with Crippen LogP contribution in [0.15, 0.2) is 24.3 Å². The number of halogens is 1. The van der Waals surface area contributed by atoms with Gasteiger partial charge in [0.1, 0.15) is 0 Å². The van der Waals surface area contributed by atoms with Crippen molar-refractivity contribution >= 4 is 11.6 Å². The molecule has 3 nitrogen and oxygen atoms in total. The van der Waals surface area contributed by atoms with Crippen molar-refractivity contribution in [3.8, 4) is 0 Å². The maximum Gasteiger partial charge on any atom is 0.0802 e.